The van der Waals surface area contributed by atoms with Gasteiger partial charge in [0.1, 0.15) is 17.2 Å². The zero-order chi connectivity index (χ0) is 23.2. The molecule has 2 aliphatic heterocycles. The van der Waals surface area contributed by atoms with Crippen LogP contribution in [0.25, 0.3) is 0 Å². The second kappa shape index (κ2) is 8.22. The van der Waals surface area contributed by atoms with Crippen LogP contribution in [0.2, 0.25) is 0 Å². The van der Waals surface area contributed by atoms with Crippen LogP contribution in [0.15, 0.2) is 40.3 Å². The summed E-state index contributed by atoms with van der Waals surface area (Å²) in [6, 6.07) is 2.80. The number of aromatic hydroxyl groups is 1. The number of hydrogen-bond acceptors (Lipinski definition) is 4. The summed E-state index contributed by atoms with van der Waals surface area (Å²) in [7, 11) is 0. The summed E-state index contributed by atoms with van der Waals surface area (Å²) in [5, 5.41) is 12.9. The van der Waals surface area contributed by atoms with Crippen LogP contribution in [-0.4, -0.2) is 39.0 Å². The minimum Gasteiger partial charge on any atom is -0.503 e. The number of hydrogen-bond donors (Lipinski definition) is 2. The third kappa shape index (κ3) is 3.79. The average molecular weight is 443 g/mol. The lowest BCUT2D eigenvalue weighted by Crippen LogP contribution is -2.49. The molecule has 1 atom stereocenters. The molecule has 0 aliphatic carbocycles. The quantitative estimate of drug-likeness (QED) is 0.714. The van der Waals surface area contributed by atoms with Crippen LogP contribution in [0.4, 0.5) is 8.78 Å². The van der Waals surface area contributed by atoms with E-state index in [0.29, 0.717) is 25.6 Å². The van der Waals surface area contributed by atoms with Crippen molar-refractivity contribution in [2.45, 2.75) is 45.8 Å². The van der Waals surface area contributed by atoms with Gasteiger partial charge < -0.3 is 19.9 Å². The van der Waals surface area contributed by atoms with Crippen LogP contribution in [0.3, 0.4) is 0 Å². The Morgan fingerprint density at radius 3 is 2.69 bits per heavy atom. The van der Waals surface area contributed by atoms with Crippen molar-refractivity contribution >= 4 is 11.8 Å². The molecule has 9 heteroatoms. The summed E-state index contributed by atoms with van der Waals surface area (Å²) in [6.07, 6.45) is 2.65. The van der Waals surface area contributed by atoms with E-state index in [1.165, 1.54) is 28.0 Å². The topological polar surface area (TPSA) is 91.6 Å². The van der Waals surface area contributed by atoms with Crippen molar-refractivity contribution < 1.29 is 23.5 Å². The Hall–Kier alpha value is -3.49. The van der Waals surface area contributed by atoms with E-state index in [2.05, 4.69) is 5.32 Å². The SMILES string of the molecule is CC1=C(C)CC2Cn3cc(C(=O)NCc4ccc(F)cc4F)c(=O)c(O)c3C(=O)N2CC1. The number of halogens is 2. The predicted octanol–water partition coefficient (Wildman–Crippen LogP) is 2.72. The normalized spacial score (nSPS) is 18.2. The second-order valence-corrected chi connectivity index (χ2v) is 8.31. The van der Waals surface area contributed by atoms with E-state index in [1.807, 2.05) is 13.8 Å². The van der Waals surface area contributed by atoms with Crippen LogP contribution in [0.5, 0.6) is 5.75 Å². The molecule has 1 unspecified atom stereocenters. The van der Waals surface area contributed by atoms with Gasteiger partial charge in [0.05, 0.1) is 6.04 Å². The Morgan fingerprint density at radius 1 is 1.22 bits per heavy atom. The number of amides is 2. The molecular formula is C23H23F2N3O4. The van der Waals surface area contributed by atoms with E-state index in [0.717, 1.165) is 12.5 Å². The molecule has 4 rings (SSSR count). The third-order valence-corrected chi connectivity index (χ3v) is 6.27. The lowest BCUT2D eigenvalue weighted by Gasteiger charge is -2.37. The molecule has 3 heterocycles. The highest BCUT2D eigenvalue weighted by Gasteiger charge is 2.37. The fraction of sp³-hybridized carbons (Fsp3) is 0.348. The molecule has 0 saturated heterocycles. The number of aromatic nitrogens is 1. The predicted molar refractivity (Wildman–Crippen MR) is 112 cm³/mol. The number of benzene rings is 1. The lowest BCUT2D eigenvalue weighted by atomic mass is 10.0. The molecule has 2 aliphatic rings. The van der Waals surface area contributed by atoms with Crippen LogP contribution in [0, 0.1) is 11.6 Å². The molecule has 1 aromatic heterocycles. The van der Waals surface area contributed by atoms with Gasteiger partial charge in [-0.15, -0.1) is 0 Å². The van der Waals surface area contributed by atoms with Gasteiger partial charge in [-0.2, -0.15) is 0 Å². The van der Waals surface area contributed by atoms with E-state index in [1.54, 1.807) is 4.90 Å². The fourth-order valence-electron chi connectivity index (χ4n) is 4.23. The van der Waals surface area contributed by atoms with Gasteiger partial charge >= 0.3 is 0 Å². The first-order valence-corrected chi connectivity index (χ1v) is 10.3. The highest BCUT2D eigenvalue weighted by molar-refractivity contribution is 5.99. The molecule has 2 N–H and O–H groups in total. The largest absolute Gasteiger partial charge is 0.503 e. The second-order valence-electron chi connectivity index (χ2n) is 8.31. The zero-order valence-electron chi connectivity index (χ0n) is 17.7. The van der Waals surface area contributed by atoms with Crippen LogP contribution >= 0.6 is 0 Å². The van der Waals surface area contributed by atoms with Crippen molar-refractivity contribution in [1.82, 2.24) is 14.8 Å². The molecule has 0 bridgehead atoms. The Balaban J connectivity index is 1.63. The van der Waals surface area contributed by atoms with E-state index in [4.69, 9.17) is 0 Å². The summed E-state index contributed by atoms with van der Waals surface area (Å²) >= 11 is 0. The number of carbonyl (C=O) groups excluding carboxylic acids is 2. The van der Waals surface area contributed by atoms with Gasteiger partial charge in [0, 0.05) is 37.5 Å². The Kier molecular flexibility index (Phi) is 5.58. The van der Waals surface area contributed by atoms with E-state index >= 15 is 0 Å². The summed E-state index contributed by atoms with van der Waals surface area (Å²) in [5.41, 5.74) is 0.988. The van der Waals surface area contributed by atoms with E-state index in [-0.39, 0.29) is 29.4 Å². The molecule has 0 saturated carbocycles. The monoisotopic (exact) mass is 443 g/mol. The standard InChI is InChI=1S/C23H23F2N3O4/c1-12-5-6-28-16(7-13(12)2)10-27-11-17(20(29)21(30)19(27)23(28)32)22(31)26-9-14-3-4-15(24)8-18(14)25/h3-4,8,11,16,30H,5-7,9-10H2,1-2H3,(H,26,31). The maximum atomic E-state index is 13.8. The minimum atomic E-state index is -0.972. The average Bonchev–Trinajstić information content (AvgIpc) is 2.88. The first-order valence-electron chi connectivity index (χ1n) is 10.3. The smallest absolute Gasteiger partial charge is 0.274 e. The third-order valence-electron chi connectivity index (χ3n) is 6.27. The first kappa shape index (κ1) is 21.7. The Morgan fingerprint density at radius 2 is 1.97 bits per heavy atom. The number of pyridine rings is 1. The molecule has 1 aromatic carbocycles. The fourth-order valence-corrected chi connectivity index (χ4v) is 4.23. The molecule has 7 nitrogen and oxygen atoms in total. The summed E-state index contributed by atoms with van der Waals surface area (Å²) in [4.78, 5) is 40.0. The number of nitrogens with one attached hydrogen (secondary N) is 1. The van der Waals surface area contributed by atoms with E-state index in [9.17, 15) is 28.3 Å². The molecule has 168 valence electrons. The zero-order valence-corrected chi connectivity index (χ0v) is 17.7. The van der Waals surface area contributed by atoms with E-state index < -0.39 is 34.6 Å². The maximum Gasteiger partial charge on any atom is 0.274 e. The van der Waals surface area contributed by atoms with Gasteiger partial charge in [0.2, 0.25) is 5.43 Å². The Bertz CT molecular complexity index is 1220. The van der Waals surface area contributed by atoms with Crippen molar-refractivity contribution in [3.05, 3.63) is 74.2 Å². The van der Waals surface area contributed by atoms with Gasteiger partial charge in [-0.05, 0) is 32.8 Å². The van der Waals surface area contributed by atoms with Gasteiger partial charge in [-0.1, -0.05) is 17.2 Å². The number of rotatable bonds is 3. The Labute approximate surface area is 183 Å². The molecule has 0 fully saturated rings. The van der Waals surface area contributed by atoms with Crippen LogP contribution in [-0.2, 0) is 13.1 Å². The van der Waals surface area contributed by atoms with Crippen LogP contribution in [0.1, 0.15) is 53.1 Å². The highest BCUT2D eigenvalue weighted by atomic mass is 19.1. The minimum absolute atomic E-state index is 0.0453. The van der Waals surface area contributed by atoms with Crippen molar-refractivity contribution in [3.8, 4) is 5.75 Å². The van der Waals surface area contributed by atoms with Crippen LogP contribution < -0.4 is 10.7 Å². The summed E-state index contributed by atoms with van der Waals surface area (Å²) in [6.45, 7) is 4.59. The van der Waals surface area contributed by atoms with Crippen molar-refractivity contribution in [1.29, 1.82) is 0 Å². The molecular weight excluding hydrogens is 420 g/mol. The number of fused-ring (bicyclic) bond motifs is 2. The van der Waals surface area contributed by atoms with Crippen molar-refractivity contribution in [2.75, 3.05) is 6.54 Å². The summed E-state index contributed by atoms with van der Waals surface area (Å²) < 4.78 is 28.3. The molecule has 0 radical (unpaired) electrons. The first-order chi connectivity index (χ1) is 15.2. The van der Waals surface area contributed by atoms with Crippen molar-refractivity contribution in [2.24, 2.45) is 0 Å². The summed E-state index contributed by atoms with van der Waals surface area (Å²) in [5.74, 6) is -3.62. The molecule has 0 spiro atoms. The lowest BCUT2D eigenvalue weighted by molar-refractivity contribution is 0.0593. The highest BCUT2D eigenvalue weighted by Crippen LogP contribution is 2.30. The van der Waals surface area contributed by atoms with Gasteiger partial charge in [0.15, 0.2) is 11.4 Å². The van der Waals surface area contributed by atoms with Gasteiger partial charge in [0.25, 0.3) is 11.8 Å². The molecule has 2 amide bonds. The maximum absolute atomic E-state index is 13.8. The number of nitrogens with zero attached hydrogens (tertiary/aromatic N) is 2. The van der Waals surface area contributed by atoms with Gasteiger partial charge in [-0.3, -0.25) is 14.4 Å². The molecule has 32 heavy (non-hydrogen) atoms. The van der Waals surface area contributed by atoms with Gasteiger partial charge in [-0.25, -0.2) is 8.78 Å². The number of carbonyl (C=O) groups is 2. The van der Waals surface area contributed by atoms with Crippen molar-refractivity contribution in [3.63, 3.8) is 0 Å². The molecule has 2 aromatic rings.